The molecule has 18 nitrogen and oxygen atoms in total. The molecule has 23 heteroatoms. The highest BCUT2D eigenvalue weighted by atomic mass is 35.5. The SMILES string of the molecule is Cc1ncncc1-c1nc2ccc(Cl)nc2n1C1CC1.Cc1ncncc1C(=O)Nc1ccc(Cl)nc1NC1CC1.Cc1ncncc1C(=O)O.ClCCl.Nc1ccc(Cl)nc1NC1CC1. The van der Waals surface area contributed by atoms with Crippen LogP contribution in [0.25, 0.3) is 22.6 Å². The van der Waals surface area contributed by atoms with Gasteiger partial charge in [0.15, 0.2) is 17.3 Å². The average molecular weight is 996 g/mol. The Labute approximate surface area is 404 Å². The molecule has 7 aromatic heterocycles. The predicted octanol–water partition coefficient (Wildman–Crippen LogP) is 9.64. The van der Waals surface area contributed by atoms with E-state index in [1.807, 2.05) is 19.2 Å². The van der Waals surface area contributed by atoms with Gasteiger partial charge in [-0.2, -0.15) is 0 Å². The quantitative estimate of drug-likeness (QED) is 0.0667. The first-order chi connectivity index (χ1) is 31.8. The second kappa shape index (κ2) is 23.4. The van der Waals surface area contributed by atoms with Crippen molar-refractivity contribution in [1.29, 1.82) is 0 Å². The maximum absolute atomic E-state index is 12.3. The molecule has 0 saturated heterocycles. The minimum Gasteiger partial charge on any atom is -0.478 e. The molecule has 0 aromatic carbocycles. The summed E-state index contributed by atoms with van der Waals surface area (Å²) in [6, 6.07) is 11.9. The van der Waals surface area contributed by atoms with Crippen LogP contribution in [0, 0.1) is 20.8 Å². The fourth-order valence-electron chi connectivity index (χ4n) is 5.88. The van der Waals surface area contributed by atoms with Gasteiger partial charge in [-0.1, -0.05) is 34.8 Å². The van der Waals surface area contributed by atoms with Crippen LogP contribution in [0.2, 0.25) is 15.5 Å². The van der Waals surface area contributed by atoms with Crippen molar-refractivity contribution in [2.45, 2.75) is 77.4 Å². The number of rotatable bonds is 9. The van der Waals surface area contributed by atoms with Crippen molar-refractivity contribution in [3.63, 3.8) is 0 Å². The van der Waals surface area contributed by atoms with Crippen molar-refractivity contribution >= 4 is 104 Å². The summed E-state index contributed by atoms with van der Waals surface area (Å²) in [5.41, 5.74) is 12.2. The fourth-order valence-corrected chi connectivity index (χ4v) is 6.32. The molecule has 0 spiro atoms. The second-order valence-corrected chi connectivity index (χ2v) is 16.8. The number of nitrogens with zero attached hydrogens (tertiary/aromatic N) is 11. The van der Waals surface area contributed by atoms with E-state index in [2.05, 4.69) is 65.4 Å². The van der Waals surface area contributed by atoms with Crippen LogP contribution in [0.5, 0.6) is 0 Å². The second-order valence-electron chi connectivity index (χ2n) is 14.9. The number of nitrogens with one attached hydrogen (secondary N) is 3. The summed E-state index contributed by atoms with van der Waals surface area (Å²) in [6.07, 6.45) is 15.8. The first kappa shape index (κ1) is 49.4. The molecule has 344 valence electrons. The van der Waals surface area contributed by atoms with Crippen molar-refractivity contribution in [1.82, 2.24) is 54.4 Å². The lowest BCUT2D eigenvalue weighted by molar-refractivity contribution is 0.0694. The number of nitrogens with two attached hydrogens (primary N) is 1. The highest BCUT2D eigenvalue weighted by Gasteiger charge is 2.30. The number of carboxylic acid groups (broad SMARTS) is 1. The van der Waals surface area contributed by atoms with Crippen LogP contribution in [0.1, 0.15) is 82.4 Å². The first-order valence-corrected chi connectivity index (χ1v) is 22.6. The molecule has 3 saturated carbocycles. The fraction of sp³-hybridized carbons (Fsp3) is 0.302. The number of hydrogen-bond donors (Lipinski definition) is 5. The molecule has 0 atom stereocenters. The number of carbonyl (C=O) groups is 2. The van der Waals surface area contributed by atoms with Crippen LogP contribution >= 0.6 is 58.0 Å². The van der Waals surface area contributed by atoms with Crippen molar-refractivity contribution < 1.29 is 14.7 Å². The normalized spacial score (nSPS) is 13.5. The Morgan fingerprint density at radius 2 is 1.20 bits per heavy atom. The minimum absolute atomic E-state index is 0.155. The van der Waals surface area contributed by atoms with Crippen molar-refractivity contribution in [2.75, 3.05) is 27.0 Å². The van der Waals surface area contributed by atoms with E-state index in [-0.39, 0.29) is 16.8 Å². The van der Waals surface area contributed by atoms with Crippen LogP contribution in [0.4, 0.5) is 23.0 Å². The summed E-state index contributed by atoms with van der Waals surface area (Å²) < 4.78 is 2.17. The maximum Gasteiger partial charge on any atom is 0.339 e. The molecule has 3 aliphatic rings. The lowest BCUT2D eigenvalue weighted by Crippen LogP contribution is -2.16. The minimum atomic E-state index is -0.988. The summed E-state index contributed by atoms with van der Waals surface area (Å²) in [7, 11) is 0. The van der Waals surface area contributed by atoms with Crippen LogP contribution < -0.4 is 21.7 Å². The van der Waals surface area contributed by atoms with Gasteiger partial charge in [-0.05, 0) is 95.7 Å². The van der Waals surface area contributed by atoms with Crippen LogP contribution in [-0.2, 0) is 0 Å². The number of aromatic carboxylic acids is 1. The average Bonchev–Trinajstić information content (AvgIpc) is 4.17. The summed E-state index contributed by atoms with van der Waals surface area (Å²) in [5, 5.41) is 19.3. The standard InChI is InChI=1S/C14H14ClN5O.C14H12ClN5.C8H10ClN3.C6H6N2O2.CH2Cl2/c1-8-10(6-16-7-17-8)14(21)19-11-4-5-12(15)20-13(11)18-9-2-3-9;1-8-10(6-16-7-17-8)13-18-11-4-5-12(15)19-14(11)20(13)9-2-3-9;9-7-4-3-6(10)8(12-7)11-5-1-2-5;1-4-5(6(9)10)2-7-3-8-4;2-1-3/h4-7,9H,2-3H2,1H3,(H,18,20)(H,19,21);4-7,9H,2-3H2,1H3;3-5H,1-2,10H2,(H,11,12);2-3H,1H3,(H,9,10);1H2. The molecule has 0 aliphatic heterocycles. The molecule has 0 unspecified atom stereocenters. The monoisotopic (exact) mass is 993 g/mol. The zero-order chi connectivity index (χ0) is 47.3. The predicted molar refractivity (Wildman–Crippen MR) is 258 cm³/mol. The van der Waals surface area contributed by atoms with Crippen molar-refractivity contribution in [3.8, 4) is 11.4 Å². The molecule has 0 radical (unpaired) electrons. The number of pyridine rings is 3. The van der Waals surface area contributed by atoms with Crippen LogP contribution in [-0.4, -0.2) is 88.8 Å². The van der Waals surface area contributed by atoms with Crippen molar-refractivity contribution in [2.24, 2.45) is 0 Å². The number of amides is 1. The van der Waals surface area contributed by atoms with E-state index in [1.165, 1.54) is 37.9 Å². The molecule has 7 aromatic rings. The topological polar surface area (TPSA) is 250 Å². The molecule has 3 fully saturated rings. The Morgan fingerprint density at radius 1 is 0.682 bits per heavy atom. The van der Waals surface area contributed by atoms with Gasteiger partial charge in [0.05, 0.1) is 50.5 Å². The highest BCUT2D eigenvalue weighted by Crippen LogP contribution is 2.41. The third-order valence-electron chi connectivity index (χ3n) is 9.70. The third-order valence-corrected chi connectivity index (χ3v) is 10.3. The van der Waals surface area contributed by atoms with E-state index in [0.717, 1.165) is 53.9 Å². The maximum atomic E-state index is 12.3. The van der Waals surface area contributed by atoms with E-state index in [9.17, 15) is 9.59 Å². The number of halogens is 5. The van der Waals surface area contributed by atoms with E-state index in [0.29, 0.717) is 73.5 Å². The Hall–Kier alpha value is -6.05. The number of carboxylic acids is 1. The Kier molecular flexibility index (Phi) is 17.5. The van der Waals surface area contributed by atoms with Gasteiger partial charge in [0.2, 0.25) is 0 Å². The van der Waals surface area contributed by atoms with Crippen molar-refractivity contribution in [3.05, 3.63) is 118 Å². The summed E-state index contributed by atoms with van der Waals surface area (Å²) in [6.45, 7) is 5.36. The molecule has 3 aliphatic carbocycles. The number of hydrogen-bond acceptors (Lipinski definition) is 15. The molecule has 6 N–H and O–H groups in total. The Morgan fingerprint density at radius 3 is 1.74 bits per heavy atom. The van der Waals surface area contributed by atoms with Gasteiger partial charge in [0.25, 0.3) is 5.91 Å². The van der Waals surface area contributed by atoms with Gasteiger partial charge >= 0.3 is 5.97 Å². The van der Waals surface area contributed by atoms with Gasteiger partial charge in [-0.3, -0.25) is 4.79 Å². The number of anilines is 4. The number of carbonyl (C=O) groups excluding carboxylic acids is 1. The molecule has 7 heterocycles. The van der Waals surface area contributed by atoms with Gasteiger partial charge in [-0.25, -0.2) is 54.6 Å². The molecule has 0 bridgehead atoms. The van der Waals surface area contributed by atoms with E-state index < -0.39 is 5.97 Å². The summed E-state index contributed by atoms with van der Waals surface area (Å²) >= 11 is 27.2. The molecule has 10 rings (SSSR count). The molecule has 66 heavy (non-hydrogen) atoms. The lowest BCUT2D eigenvalue weighted by atomic mass is 10.2. The van der Waals surface area contributed by atoms with Gasteiger partial charge in [0.1, 0.15) is 45.8 Å². The number of imidazole rings is 1. The summed E-state index contributed by atoms with van der Waals surface area (Å²) in [5.74, 6) is 0.933. The number of nitrogen functional groups attached to an aromatic ring is 1. The smallest absolute Gasteiger partial charge is 0.339 e. The molecular formula is C43H44Cl5N15O3. The molecular weight excluding hydrogens is 952 g/mol. The number of aryl methyl sites for hydroxylation is 3. The Bertz CT molecular complexity index is 2790. The van der Waals surface area contributed by atoms with Crippen LogP contribution in [0.3, 0.4) is 0 Å². The van der Waals surface area contributed by atoms with Gasteiger partial charge in [0, 0.05) is 36.7 Å². The van der Waals surface area contributed by atoms with E-state index in [4.69, 9.17) is 73.8 Å². The van der Waals surface area contributed by atoms with E-state index in [1.54, 1.807) is 50.5 Å². The van der Waals surface area contributed by atoms with Crippen LogP contribution in [0.15, 0.2) is 74.0 Å². The number of alkyl halides is 2. The van der Waals surface area contributed by atoms with Gasteiger partial charge < -0.3 is 31.4 Å². The highest BCUT2D eigenvalue weighted by molar-refractivity contribution is 6.40. The first-order valence-electron chi connectivity index (χ1n) is 20.4. The zero-order valence-corrected chi connectivity index (χ0v) is 39.5. The summed E-state index contributed by atoms with van der Waals surface area (Å²) in [4.78, 5) is 63.6. The lowest BCUT2D eigenvalue weighted by Gasteiger charge is -2.12. The molecule has 1 amide bonds. The van der Waals surface area contributed by atoms with Gasteiger partial charge in [-0.15, -0.1) is 23.2 Å². The third kappa shape index (κ3) is 14.2. The van der Waals surface area contributed by atoms with E-state index >= 15 is 0 Å². The largest absolute Gasteiger partial charge is 0.478 e. The number of aromatic nitrogens is 11. The Balaban J connectivity index is 0.000000148. The number of fused-ring (bicyclic) bond motifs is 1. The zero-order valence-electron chi connectivity index (χ0n) is 35.8.